The third-order valence-electron chi connectivity index (χ3n) is 4.86. The van der Waals surface area contributed by atoms with E-state index in [2.05, 4.69) is 21.2 Å². The lowest BCUT2D eigenvalue weighted by molar-refractivity contribution is -0.140. The zero-order valence-electron chi connectivity index (χ0n) is 19.1. The van der Waals surface area contributed by atoms with Gasteiger partial charge in [-0.25, -0.2) is 8.42 Å². The fraction of sp³-hybridized carbons (Fsp3) is 0.391. The monoisotopic (exact) mass is 557 g/mol. The second-order valence-corrected chi connectivity index (χ2v) is 11.2. The SMILES string of the molecule is CCC(C(=O)NC(C)C)N(Cc1ccc(Cl)cc1)C(=O)CN(c1cccc(Br)c1)S(C)(=O)=O. The van der Waals surface area contributed by atoms with E-state index in [-0.39, 0.29) is 18.5 Å². The Bertz CT molecular complexity index is 1080. The predicted octanol–water partition coefficient (Wildman–Crippen LogP) is 4.20. The standard InChI is InChI=1S/C23H29BrClN3O4S/c1-5-21(23(30)26-16(2)3)27(14-17-9-11-19(25)12-10-17)22(29)15-28(33(4,31)32)20-8-6-7-18(24)13-20/h6-13,16,21H,5,14-15H2,1-4H3,(H,26,30). The predicted molar refractivity (Wildman–Crippen MR) is 136 cm³/mol. The summed E-state index contributed by atoms with van der Waals surface area (Å²) in [5.74, 6) is -0.774. The van der Waals surface area contributed by atoms with E-state index in [1.54, 1.807) is 48.5 Å². The molecule has 33 heavy (non-hydrogen) atoms. The molecule has 1 atom stereocenters. The molecule has 0 aliphatic heterocycles. The molecule has 1 unspecified atom stereocenters. The van der Waals surface area contributed by atoms with Crippen molar-refractivity contribution in [3.63, 3.8) is 0 Å². The van der Waals surface area contributed by atoms with Gasteiger partial charge in [0.25, 0.3) is 0 Å². The van der Waals surface area contributed by atoms with E-state index in [9.17, 15) is 18.0 Å². The van der Waals surface area contributed by atoms with Crippen LogP contribution < -0.4 is 9.62 Å². The van der Waals surface area contributed by atoms with Gasteiger partial charge in [0.1, 0.15) is 12.6 Å². The Morgan fingerprint density at radius 1 is 1.12 bits per heavy atom. The second kappa shape index (κ2) is 11.9. The Labute approximate surface area is 209 Å². The highest BCUT2D eigenvalue weighted by Crippen LogP contribution is 2.23. The highest BCUT2D eigenvalue weighted by atomic mass is 79.9. The van der Waals surface area contributed by atoms with E-state index >= 15 is 0 Å². The highest BCUT2D eigenvalue weighted by Gasteiger charge is 2.32. The molecule has 1 N–H and O–H groups in total. The number of hydrogen-bond acceptors (Lipinski definition) is 4. The number of benzene rings is 2. The van der Waals surface area contributed by atoms with Crippen molar-refractivity contribution in [3.05, 3.63) is 63.6 Å². The lowest BCUT2D eigenvalue weighted by atomic mass is 10.1. The highest BCUT2D eigenvalue weighted by molar-refractivity contribution is 9.10. The molecule has 0 heterocycles. The largest absolute Gasteiger partial charge is 0.352 e. The van der Waals surface area contributed by atoms with E-state index in [1.807, 2.05) is 20.8 Å². The zero-order chi connectivity index (χ0) is 24.8. The van der Waals surface area contributed by atoms with Crippen molar-refractivity contribution in [1.82, 2.24) is 10.2 Å². The summed E-state index contributed by atoms with van der Waals surface area (Å²) < 4.78 is 26.8. The minimum Gasteiger partial charge on any atom is -0.352 e. The Kier molecular flexibility index (Phi) is 9.75. The average Bonchev–Trinajstić information content (AvgIpc) is 2.71. The molecule has 0 bridgehead atoms. The fourth-order valence-corrected chi connectivity index (χ4v) is 4.69. The number of carbonyl (C=O) groups is 2. The molecule has 0 saturated heterocycles. The van der Waals surface area contributed by atoms with E-state index in [0.29, 0.717) is 21.6 Å². The van der Waals surface area contributed by atoms with Crippen molar-refractivity contribution in [2.75, 3.05) is 17.1 Å². The number of nitrogens with one attached hydrogen (secondary N) is 1. The molecule has 0 aromatic heterocycles. The van der Waals surface area contributed by atoms with Gasteiger partial charge in [-0.3, -0.25) is 13.9 Å². The summed E-state index contributed by atoms with van der Waals surface area (Å²) >= 11 is 9.32. The molecule has 0 aliphatic rings. The fourth-order valence-electron chi connectivity index (χ4n) is 3.33. The Morgan fingerprint density at radius 2 is 1.76 bits per heavy atom. The van der Waals surface area contributed by atoms with E-state index < -0.39 is 28.5 Å². The van der Waals surface area contributed by atoms with Crippen LogP contribution in [0.5, 0.6) is 0 Å². The van der Waals surface area contributed by atoms with Gasteiger partial charge in [-0.15, -0.1) is 0 Å². The van der Waals surface area contributed by atoms with Gasteiger partial charge in [0, 0.05) is 22.1 Å². The normalized spacial score (nSPS) is 12.3. The first kappa shape index (κ1) is 27.1. The number of halogens is 2. The van der Waals surface area contributed by atoms with Crippen LogP contribution in [0, 0.1) is 0 Å². The molecule has 0 aliphatic carbocycles. The zero-order valence-corrected chi connectivity index (χ0v) is 22.2. The minimum atomic E-state index is -3.77. The van der Waals surface area contributed by atoms with Crippen LogP contribution >= 0.6 is 27.5 Å². The number of carbonyl (C=O) groups excluding carboxylic acids is 2. The van der Waals surface area contributed by atoms with Crippen molar-refractivity contribution in [2.24, 2.45) is 0 Å². The molecule has 2 amide bonds. The first-order valence-corrected chi connectivity index (χ1v) is 13.5. The maximum absolute atomic E-state index is 13.5. The summed E-state index contributed by atoms with van der Waals surface area (Å²) in [5.41, 5.74) is 1.13. The lowest BCUT2D eigenvalue weighted by Gasteiger charge is -2.33. The second-order valence-electron chi connectivity index (χ2n) is 7.98. The number of anilines is 1. The van der Waals surface area contributed by atoms with Crippen LogP contribution in [0.3, 0.4) is 0 Å². The van der Waals surface area contributed by atoms with E-state index in [4.69, 9.17) is 11.6 Å². The Balaban J connectivity index is 2.43. The van der Waals surface area contributed by atoms with Crippen molar-refractivity contribution in [3.8, 4) is 0 Å². The summed E-state index contributed by atoms with van der Waals surface area (Å²) in [4.78, 5) is 27.9. The van der Waals surface area contributed by atoms with E-state index in [0.717, 1.165) is 16.1 Å². The molecule has 180 valence electrons. The van der Waals surface area contributed by atoms with Crippen LogP contribution in [-0.2, 0) is 26.2 Å². The van der Waals surface area contributed by atoms with Gasteiger partial charge in [0.2, 0.25) is 21.8 Å². The smallest absolute Gasteiger partial charge is 0.244 e. The summed E-state index contributed by atoms with van der Waals surface area (Å²) in [5, 5.41) is 3.41. The van der Waals surface area contributed by atoms with Crippen molar-refractivity contribution in [1.29, 1.82) is 0 Å². The number of sulfonamides is 1. The average molecular weight is 559 g/mol. The quantitative estimate of drug-likeness (QED) is 0.474. The lowest BCUT2D eigenvalue weighted by Crippen LogP contribution is -2.53. The summed E-state index contributed by atoms with van der Waals surface area (Å²) in [7, 11) is -3.77. The molecule has 0 radical (unpaired) electrons. The van der Waals surface area contributed by atoms with E-state index in [1.165, 1.54) is 4.90 Å². The van der Waals surface area contributed by atoms with Crippen molar-refractivity contribution < 1.29 is 18.0 Å². The Morgan fingerprint density at radius 3 is 2.27 bits per heavy atom. The number of hydrogen-bond donors (Lipinski definition) is 1. The maximum atomic E-state index is 13.5. The van der Waals surface area contributed by atoms with Crippen molar-refractivity contribution in [2.45, 2.75) is 45.8 Å². The van der Waals surface area contributed by atoms with Gasteiger partial charge >= 0.3 is 0 Å². The summed E-state index contributed by atoms with van der Waals surface area (Å²) in [6, 6.07) is 12.8. The molecule has 2 aromatic carbocycles. The summed E-state index contributed by atoms with van der Waals surface area (Å²) in [6.45, 7) is 5.20. The third-order valence-corrected chi connectivity index (χ3v) is 6.74. The van der Waals surface area contributed by atoms with Crippen LogP contribution in [0.1, 0.15) is 32.8 Å². The molecule has 2 rings (SSSR count). The minimum absolute atomic E-state index is 0.103. The Hall–Kier alpha value is -2.10. The van der Waals surface area contributed by atoms with Gasteiger partial charge in [-0.05, 0) is 56.2 Å². The molecule has 10 heteroatoms. The molecule has 0 spiro atoms. The van der Waals surface area contributed by atoms with Gasteiger partial charge in [0.15, 0.2) is 0 Å². The van der Waals surface area contributed by atoms with Crippen molar-refractivity contribution >= 4 is 55.1 Å². The number of nitrogens with zero attached hydrogens (tertiary/aromatic N) is 2. The van der Waals surface area contributed by atoms with Gasteiger partial charge in [-0.1, -0.05) is 52.7 Å². The molecular formula is C23H29BrClN3O4S. The van der Waals surface area contributed by atoms with Crippen LogP contribution in [0.2, 0.25) is 5.02 Å². The molecule has 0 fully saturated rings. The number of amides is 2. The summed E-state index contributed by atoms with van der Waals surface area (Å²) in [6.07, 6.45) is 1.42. The van der Waals surface area contributed by atoms with Crippen LogP contribution in [0.15, 0.2) is 53.0 Å². The third kappa shape index (κ3) is 8.01. The van der Waals surface area contributed by atoms with Gasteiger partial charge in [0.05, 0.1) is 11.9 Å². The molecule has 7 nitrogen and oxygen atoms in total. The van der Waals surface area contributed by atoms with Crippen LogP contribution in [0.25, 0.3) is 0 Å². The maximum Gasteiger partial charge on any atom is 0.244 e. The van der Waals surface area contributed by atoms with Crippen LogP contribution in [-0.4, -0.2) is 50.0 Å². The first-order valence-electron chi connectivity index (χ1n) is 10.5. The molecular weight excluding hydrogens is 530 g/mol. The first-order chi connectivity index (χ1) is 15.4. The molecule has 2 aromatic rings. The van der Waals surface area contributed by atoms with Gasteiger partial charge < -0.3 is 10.2 Å². The van der Waals surface area contributed by atoms with Gasteiger partial charge in [-0.2, -0.15) is 0 Å². The molecule has 0 saturated carbocycles. The van der Waals surface area contributed by atoms with Crippen LogP contribution in [0.4, 0.5) is 5.69 Å². The topological polar surface area (TPSA) is 86.8 Å². The number of rotatable bonds is 10.